The van der Waals surface area contributed by atoms with Gasteiger partial charge >= 0.3 is 0 Å². The van der Waals surface area contributed by atoms with Crippen LogP contribution in [-0.2, 0) is 0 Å². The van der Waals surface area contributed by atoms with Crippen molar-refractivity contribution >= 4 is 38.5 Å². The van der Waals surface area contributed by atoms with Gasteiger partial charge in [-0.3, -0.25) is 0 Å². The fourth-order valence-electron chi connectivity index (χ4n) is 1.31. The molecule has 0 radical (unpaired) electrons. The van der Waals surface area contributed by atoms with Crippen LogP contribution in [0.5, 0.6) is 0 Å². The highest BCUT2D eigenvalue weighted by Crippen LogP contribution is 2.26. The second-order valence-electron chi connectivity index (χ2n) is 2.99. The van der Waals surface area contributed by atoms with Gasteiger partial charge in [-0.25, -0.2) is 0 Å². The van der Waals surface area contributed by atoms with Crippen molar-refractivity contribution in [3.8, 4) is 11.1 Å². The molecule has 0 saturated carbocycles. The van der Waals surface area contributed by atoms with Crippen molar-refractivity contribution in [3.05, 3.63) is 56.6 Å². The zero-order chi connectivity index (χ0) is 9.97. The molecule has 0 aromatic heterocycles. The third-order valence-electron chi connectivity index (χ3n) is 2.03. The SMILES string of the molecule is Brc1cc(-c2ccccc2)ccc1I. The van der Waals surface area contributed by atoms with Crippen LogP contribution < -0.4 is 0 Å². The van der Waals surface area contributed by atoms with Crippen LogP contribution >= 0.6 is 38.5 Å². The highest BCUT2D eigenvalue weighted by atomic mass is 127. The van der Waals surface area contributed by atoms with Crippen LogP contribution in [0.4, 0.5) is 0 Å². The summed E-state index contributed by atoms with van der Waals surface area (Å²) in [4.78, 5) is 0. The third kappa shape index (κ3) is 2.17. The molecule has 2 heteroatoms. The minimum Gasteiger partial charge on any atom is -0.0622 e. The van der Waals surface area contributed by atoms with E-state index in [-0.39, 0.29) is 0 Å². The summed E-state index contributed by atoms with van der Waals surface area (Å²) >= 11 is 5.85. The molecule has 0 aliphatic heterocycles. The van der Waals surface area contributed by atoms with E-state index in [1.54, 1.807) is 0 Å². The second kappa shape index (κ2) is 4.45. The Morgan fingerprint density at radius 3 is 2.21 bits per heavy atom. The first-order valence-corrected chi connectivity index (χ1v) is 6.15. The Morgan fingerprint density at radius 2 is 1.57 bits per heavy atom. The van der Waals surface area contributed by atoms with E-state index >= 15 is 0 Å². The molecule has 0 amide bonds. The smallest absolute Gasteiger partial charge is 0.0315 e. The summed E-state index contributed by atoms with van der Waals surface area (Å²) in [7, 11) is 0. The number of rotatable bonds is 1. The van der Waals surface area contributed by atoms with E-state index in [4.69, 9.17) is 0 Å². The van der Waals surface area contributed by atoms with Gasteiger partial charge in [0.1, 0.15) is 0 Å². The first kappa shape index (κ1) is 10.2. The molecule has 0 N–H and O–H groups in total. The largest absolute Gasteiger partial charge is 0.0622 e. The van der Waals surface area contributed by atoms with Crippen LogP contribution in [0, 0.1) is 3.57 Å². The van der Waals surface area contributed by atoms with Crippen molar-refractivity contribution in [1.82, 2.24) is 0 Å². The lowest BCUT2D eigenvalue weighted by molar-refractivity contribution is 1.55. The zero-order valence-electron chi connectivity index (χ0n) is 7.37. The average molecular weight is 359 g/mol. The minimum absolute atomic E-state index is 1.15. The molecule has 2 aromatic rings. The maximum Gasteiger partial charge on any atom is 0.0315 e. The van der Waals surface area contributed by atoms with Crippen molar-refractivity contribution < 1.29 is 0 Å². The van der Waals surface area contributed by atoms with Gasteiger partial charge in [-0.2, -0.15) is 0 Å². The predicted octanol–water partition coefficient (Wildman–Crippen LogP) is 4.72. The molecule has 14 heavy (non-hydrogen) atoms. The monoisotopic (exact) mass is 358 g/mol. The highest BCUT2D eigenvalue weighted by Gasteiger charge is 1.99. The lowest BCUT2D eigenvalue weighted by Crippen LogP contribution is -1.79. The molecule has 2 aromatic carbocycles. The van der Waals surface area contributed by atoms with E-state index in [1.165, 1.54) is 14.7 Å². The third-order valence-corrected chi connectivity index (χ3v) is 4.36. The molecular formula is C12H8BrI. The van der Waals surface area contributed by atoms with E-state index < -0.39 is 0 Å². The summed E-state index contributed by atoms with van der Waals surface area (Å²) < 4.78 is 2.39. The molecule has 0 nitrogen and oxygen atoms in total. The first-order valence-electron chi connectivity index (χ1n) is 4.28. The quantitative estimate of drug-likeness (QED) is 0.647. The molecule has 0 saturated heterocycles. The molecule has 2 rings (SSSR count). The van der Waals surface area contributed by atoms with Crippen LogP contribution in [0.1, 0.15) is 0 Å². The Balaban J connectivity index is 2.48. The summed E-state index contributed by atoms with van der Waals surface area (Å²) in [5.41, 5.74) is 2.50. The van der Waals surface area contributed by atoms with Crippen molar-refractivity contribution in [3.63, 3.8) is 0 Å². The van der Waals surface area contributed by atoms with Gasteiger partial charge in [-0.05, 0) is 61.8 Å². The first-order chi connectivity index (χ1) is 6.77. The molecule has 0 bridgehead atoms. The average Bonchev–Trinajstić information content (AvgIpc) is 2.23. The number of hydrogen-bond donors (Lipinski definition) is 0. The number of hydrogen-bond acceptors (Lipinski definition) is 0. The summed E-state index contributed by atoms with van der Waals surface area (Å²) in [6.45, 7) is 0. The van der Waals surface area contributed by atoms with Gasteiger partial charge in [0.25, 0.3) is 0 Å². The van der Waals surface area contributed by atoms with Crippen molar-refractivity contribution in [2.45, 2.75) is 0 Å². The van der Waals surface area contributed by atoms with Crippen molar-refractivity contribution in [2.24, 2.45) is 0 Å². The Kier molecular flexibility index (Phi) is 3.23. The van der Waals surface area contributed by atoms with E-state index in [0.717, 1.165) is 4.47 Å². The normalized spacial score (nSPS) is 10.1. The number of benzene rings is 2. The van der Waals surface area contributed by atoms with E-state index in [1.807, 2.05) is 6.07 Å². The van der Waals surface area contributed by atoms with Gasteiger partial charge in [0.2, 0.25) is 0 Å². The van der Waals surface area contributed by atoms with E-state index in [0.29, 0.717) is 0 Å². The van der Waals surface area contributed by atoms with Gasteiger partial charge in [-0.1, -0.05) is 36.4 Å². The van der Waals surface area contributed by atoms with Crippen LogP contribution in [-0.4, -0.2) is 0 Å². The van der Waals surface area contributed by atoms with E-state index in [9.17, 15) is 0 Å². The van der Waals surface area contributed by atoms with Crippen LogP contribution in [0.25, 0.3) is 11.1 Å². The lowest BCUT2D eigenvalue weighted by atomic mass is 10.1. The van der Waals surface area contributed by atoms with Gasteiger partial charge in [0, 0.05) is 8.04 Å². The standard InChI is InChI=1S/C12H8BrI/c13-11-8-10(6-7-12(11)14)9-4-2-1-3-5-9/h1-8H. The van der Waals surface area contributed by atoms with Gasteiger partial charge in [0.15, 0.2) is 0 Å². The topological polar surface area (TPSA) is 0 Å². The zero-order valence-corrected chi connectivity index (χ0v) is 11.1. The van der Waals surface area contributed by atoms with Crippen LogP contribution in [0.3, 0.4) is 0 Å². The molecule has 0 spiro atoms. The Bertz CT molecular complexity index is 437. The maximum atomic E-state index is 3.54. The summed E-state index contributed by atoms with van der Waals surface area (Å²) in [6, 6.07) is 16.8. The van der Waals surface area contributed by atoms with Crippen molar-refractivity contribution in [2.75, 3.05) is 0 Å². The van der Waals surface area contributed by atoms with Gasteiger partial charge in [0.05, 0.1) is 0 Å². The molecular weight excluding hydrogens is 351 g/mol. The maximum absolute atomic E-state index is 3.54. The Hall–Kier alpha value is -0.350. The molecule has 0 fully saturated rings. The van der Waals surface area contributed by atoms with Gasteiger partial charge < -0.3 is 0 Å². The Labute approximate surface area is 106 Å². The Morgan fingerprint density at radius 1 is 0.857 bits per heavy atom. The predicted molar refractivity (Wildman–Crippen MR) is 72.3 cm³/mol. The van der Waals surface area contributed by atoms with E-state index in [2.05, 4.69) is 81.0 Å². The molecule has 0 aliphatic rings. The van der Waals surface area contributed by atoms with Crippen molar-refractivity contribution in [1.29, 1.82) is 0 Å². The molecule has 0 atom stereocenters. The summed E-state index contributed by atoms with van der Waals surface area (Å²) in [6.07, 6.45) is 0. The minimum atomic E-state index is 1.15. The van der Waals surface area contributed by atoms with Gasteiger partial charge in [-0.15, -0.1) is 0 Å². The lowest BCUT2D eigenvalue weighted by Gasteiger charge is -2.03. The molecule has 0 unspecified atom stereocenters. The van der Waals surface area contributed by atoms with Crippen LogP contribution in [0.2, 0.25) is 0 Å². The second-order valence-corrected chi connectivity index (χ2v) is 5.01. The molecule has 0 aliphatic carbocycles. The summed E-state index contributed by atoms with van der Waals surface area (Å²) in [5.74, 6) is 0. The highest BCUT2D eigenvalue weighted by molar-refractivity contribution is 14.1. The molecule has 0 heterocycles. The fraction of sp³-hybridized carbons (Fsp3) is 0. The summed E-state index contributed by atoms with van der Waals surface area (Å²) in [5, 5.41) is 0. The number of halogens is 2. The fourth-order valence-corrected chi connectivity index (χ4v) is 2.02. The molecule has 70 valence electrons. The van der Waals surface area contributed by atoms with Crippen LogP contribution in [0.15, 0.2) is 53.0 Å².